The number of halogens is 1. The lowest BCUT2D eigenvalue weighted by molar-refractivity contribution is -0.0271. The van der Waals surface area contributed by atoms with Crippen LogP contribution in [0.2, 0.25) is 0 Å². The highest BCUT2D eigenvalue weighted by Crippen LogP contribution is 2.29. The summed E-state index contributed by atoms with van der Waals surface area (Å²) in [6, 6.07) is 6.20. The molecule has 13 nitrogen and oxygen atoms in total. The number of esters is 1. The second kappa shape index (κ2) is 15.7. The first kappa shape index (κ1) is 31.7. The number of azide groups is 1. The number of aromatic amines is 1. The molecule has 1 saturated heterocycles. The molecule has 14 heteroatoms. The van der Waals surface area contributed by atoms with Crippen molar-refractivity contribution in [2.24, 2.45) is 5.11 Å². The van der Waals surface area contributed by atoms with Gasteiger partial charge in [0.05, 0.1) is 24.3 Å². The standard InChI is InChI=1S/C13H20N2O2.C10H13N5O4.ClH/c1-3-15(4-2)9-10-17-13(16)11-5-7-12(14)8-6-11;1-5-3-15(10(18)12-9(5)17)8-2-6(13-14-11)7(4-16)19-8;/h5-8H,3-4,9-10,14H2,1-2H3;3,6-8,16H,2,4H2,1H3,(H,12,17,18);1H/t;6-,7+,8+;/m.0./s1. The zero-order valence-corrected chi connectivity index (χ0v) is 21.9. The maximum atomic E-state index is 11.7. The number of carbonyl (C=O) groups excluding carboxylic acids is 1. The number of nitrogens with one attached hydrogen (secondary N) is 1. The number of nitrogens with two attached hydrogens (primary N) is 1. The molecule has 0 bridgehead atoms. The third-order valence-corrected chi connectivity index (χ3v) is 5.72. The fraction of sp³-hybridized carbons (Fsp3) is 0.522. The van der Waals surface area contributed by atoms with Crippen molar-refractivity contribution < 1.29 is 19.4 Å². The quantitative estimate of drug-likeness (QED) is 0.142. The van der Waals surface area contributed by atoms with E-state index in [1.54, 1.807) is 31.2 Å². The minimum atomic E-state index is -0.671. The molecule has 1 aliphatic rings. The predicted octanol–water partition coefficient (Wildman–Crippen LogP) is 1.99. The molecule has 0 saturated carbocycles. The molecule has 1 fully saturated rings. The minimum absolute atomic E-state index is 0. The Bertz CT molecular complexity index is 1160. The number of benzene rings is 1. The largest absolute Gasteiger partial charge is 0.461 e. The minimum Gasteiger partial charge on any atom is -0.461 e. The van der Waals surface area contributed by atoms with E-state index in [0.717, 1.165) is 19.6 Å². The monoisotopic (exact) mass is 539 g/mol. The number of anilines is 1. The summed E-state index contributed by atoms with van der Waals surface area (Å²) < 4.78 is 11.9. The van der Waals surface area contributed by atoms with E-state index >= 15 is 0 Å². The Morgan fingerprint density at radius 2 is 1.97 bits per heavy atom. The number of likely N-dealkylation sites (N-methyl/N-ethyl adjacent to an activating group) is 1. The second-order valence-corrected chi connectivity index (χ2v) is 8.08. The normalized spacial score (nSPS) is 18.2. The van der Waals surface area contributed by atoms with Gasteiger partial charge in [0.2, 0.25) is 0 Å². The fourth-order valence-electron chi connectivity index (χ4n) is 3.55. The highest BCUT2D eigenvalue weighted by atomic mass is 35.5. The smallest absolute Gasteiger partial charge is 0.338 e. The molecule has 2 aromatic rings. The first-order chi connectivity index (χ1) is 17.2. The van der Waals surface area contributed by atoms with Gasteiger partial charge < -0.3 is 25.2 Å². The lowest BCUT2D eigenvalue weighted by Crippen LogP contribution is -2.33. The summed E-state index contributed by atoms with van der Waals surface area (Å²) in [4.78, 5) is 41.7. The van der Waals surface area contributed by atoms with Crippen LogP contribution in [-0.2, 0) is 9.47 Å². The van der Waals surface area contributed by atoms with Gasteiger partial charge >= 0.3 is 11.7 Å². The molecule has 4 N–H and O–H groups in total. The van der Waals surface area contributed by atoms with Gasteiger partial charge in [0, 0.05) is 35.3 Å². The number of hydrogen-bond acceptors (Lipinski definition) is 9. The number of nitrogen functional groups attached to an aromatic ring is 1. The van der Waals surface area contributed by atoms with Gasteiger partial charge in [-0.05, 0) is 49.8 Å². The van der Waals surface area contributed by atoms with Gasteiger partial charge in [-0.15, -0.1) is 12.4 Å². The van der Waals surface area contributed by atoms with Crippen LogP contribution in [0.25, 0.3) is 10.4 Å². The lowest BCUT2D eigenvalue weighted by Gasteiger charge is -2.17. The molecule has 2 heterocycles. The topological polar surface area (TPSA) is 189 Å². The van der Waals surface area contributed by atoms with E-state index in [1.807, 2.05) is 0 Å². The van der Waals surface area contributed by atoms with Crippen molar-refractivity contribution in [3.8, 4) is 0 Å². The molecule has 0 aliphatic carbocycles. The summed E-state index contributed by atoms with van der Waals surface area (Å²) in [6.07, 6.45) is 0.329. The molecule has 0 radical (unpaired) electrons. The maximum Gasteiger partial charge on any atom is 0.338 e. The highest BCUT2D eigenvalue weighted by molar-refractivity contribution is 5.89. The average molecular weight is 540 g/mol. The third kappa shape index (κ3) is 9.23. The number of rotatable bonds is 9. The zero-order valence-electron chi connectivity index (χ0n) is 21.1. The second-order valence-electron chi connectivity index (χ2n) is 8.08. The van der Waals surface area contributed by atoms with Crippen LogP contribution in [0.4, 0.5) is 5.69 Å². The number of carbonyl (C=O) groups is 1. The SMILES string of the molecule is CCN(CC)CCOC(=O)c1ccc(N)cc1.Cc1cn([C@H]2C[C@H](N=[N+]=[N-])[C@@H](CO)O2)c(=O)[nH]c1=O.Cl. The van der Waals surface area contributed by atoms with Crippen LogP contribution in [0.1, 0.15) is 42.4 Å². The van der Waals surface area contributed by atoms with Crippen LogP contribution in [0.15, 0.2) is 45.2 Å². The highest BCUT2D eigenvalue weighted by Gasteiger charge is 2.35. The van der Waals surface area contributed by atoms with Crippen LogP contribution in [0, 0.1) is 6.92 Å². The van der Waals surface area contributed by atoms with E-state index in [2.05, 4.69) is 33.8 Å². The van der Waals surface area contributed by atoms with Crippen molar-refractivity contribution in [2.75, 3.05) is 38.6 Å². The summed E-state index contributed by atoms with van der Waals surface area (Å²) in [5.41, 5.74) is 14.5. The van der Waals surface area contributed by atoms with Crippen LogP contribution in [0.3, 0.4) is 0 Å². The van der Waals surface area contributed by atoms with E-state index in [0.29, 0.717) is 23.4 Å². The number of aliphatic hydroxyl groups excluding tert-OH is 1. The first-order valence-corrected chi connectivity index (χ1v) is 11.6. The Kier molecular flexibility index (Phi) is 13.4. The van der Waals surface area contributed by atoms with Gasteiger partial charge in [-0.2, -0.15) is 0 Å². The third-order valence-electron chi connectivity index (χ3n) is 5.72. The van der Waals surface area contributed by atoms with E-state index < -0.39 is 29.6 Å². The summed E-state index contributed by atoms with van der Waals surface area (Å²) in [6.45, 7) is 8.57. The average Bonchev–Trinajstić information content (AvgIpc) is 3.27. The summed E-state index contributed by atoms with van der Waals surface area (Å²) >= 11 is 0. The van der Waals surface area contributed by atoms with Crippen LogP contribution >= 0.6 is 12.4 Å². The molecular weight excluding hydrogens is 506 g/mol. The van der Waals surface area contributed by atoms with Crippen LogP contribution in [0.5, 0.6) is 0 Å². The van der Waals surface area contributed by atoms with Crippen molar-refractivity contribution in [3.05, 3.63) is 72.9 Å². The van der Waals surface area contributed by atoms with Crippen molar-refractivity contribution in [3.63, 3.8) is 0 Å². The van der Waals surface area contributed by atoms with E-state index in [4.69, 9.17) is 25.8 Å². The Morgan fingerprint density at radius 3 is 2.54 bits per heavy atom. The van der Waals surface area contributed by atoms with Crippen LogP contribution < -0.4 is 17.0 Å². The molecule has 0 unspecified atom stereocenters. The summed E-state index contributed by atoms with van der Waals surface area (Å²) in [5.74, 6) is -0.294. The molecule has 1 aromatic heterocycles. The molecule has 204 valence electrons. The van der Waals surface area contributed by atoms with Gasteiger partial charge in [-0.3, -0.25) is 14.3 Å². The van der Waals surface area contributed by atoms with Gasteiger partial charge in [-0.25, -0.2) is 9.59 Å². The Balaban J connectivity index is 0.000000363. The van der Waals surface area contributed by atoms with E-state index in [9.17, 15) is 14.4 Å². The fourth-order valence-corrected chi connectivity index (χ4v) is 3.55. The number of aliphatic hydroxyl groups is 1. The number of aryl methyl sites for hydroxylation is 1. The zero-order chi connectivity index (χ0) is 26.7. The van der Waals surface area contributed by atoms with Crippen molar-refractivity contribution >= 4 is 24.1 Å². The van der Waals surface area contributed by atoms with Crippen LogP contribution in [-0.4, -0.2) is 70.5 Å². The van der Waals surface area contributed by atoms with Gasteiger partial charge in [-0.1, -0.05) is 19.0 Å². The van der Waals surface area contributed by atoms with Crippen molar-refractivity contribution in [1.29, 1.82) is 0 Å². The molecule has 1 aromatic carbocycles. The lowest BCUT2D eigenvalue weighted by atomic mass is 10.1. The predicted molar refractivity (Wildman–Crippen MR) is 141 cm³/mol. The molecule has 3 rings (SSSR count). The van der Waals surface area contributed by atoms with Gasteiger partial charge in [0.15, 0.2) is 0 Å². The van der Waals surface area contributed by atoms with Crippen molar-refractivity contribution in [2.45, 2.75) is 45.6 Å². The molecule has 0 spiro atoms. The maximum absolute atomic E-state index is 11.7. The number of aromatic nitrogens is 2. The first-order valence-electron chi connectivity index (χ1n) is 11.6. The number of ether oxygens (including phenoxy) is 2. The molecular formula is C23H34ClN7O6. The molecule has 3 atom stereocenters. The molecule has 1 aliphatic heterocycles. The Morgan fingerprint density at radius 1 is 1.32 bits per heavy atom. The molecule has 37 heavy (non-hydrogen) atoms. The number of hydrogen-bond donors (Lipinski definition) is 3. The van der Waals surface area contributed by atoms with E-state index in [-0.39, 0.29) is 31.4 Å². The summed E-state index contributed by atoms with van der Waals surface area (Å²) in [5, 5.41) is 12.7. The Labute approximate surface area is 220 Å². The van der Waals surface area contributed by atoms with Crippen molar-refractivity contribution in [1.82, 2.24) is 14.5 Å². The number of nitrogens with zero attached hydrogens (tertiary/aromatic N) is 5. The molecule has 0 amide bonds. The number of H-pyrrole nitrogens is 1. The van der Waals surface area contributed by atoms with E-state index in [1.165, 1.54) is 10.8 Å². The van der Waals surface area contributed by atoms with Gasteiger partial charge in [0.25, 0.3) is 5.56 Å². The Hall–Kier alpha value is -3.35. The van der Waals surface area contributed by atoms with Gasteiger partial charge in [0.1, 0.15) is 12.8 Å². The summed E-state index contributed by atoms with van der Waals surface area (Å²) in [7, 11) is 0.